The maximum Gasteiger partial charge on any atom is 0.0860 e. The second-order valence-electron chi connectivity index (χ2n) is 4.77. The minimum Gasteiger partial charge on any atom is -0.311 e. The first-order valence-corrected chi connectivity index (χ1v) is 6.43. The lowest BCUT2D eigenvalue weighted by Crippen LogP contribution is -2.19. The Morgan fingerprint density at radius 2 is 2.25 bits per heavy atom. The van der Waals surface area contributed by atoms with E-state index in [1.807, 2.05) is 11.6 Å². The molecule has 0 bridgehead atoms. The highest BCUT2D eigenvalue weighted by Crippen LogP contribution is 2.36. The quantitative estimate of drug-likeness (QED) is 0.859. The molecule has 3 nitrogen and oxygen atoms in total. The number of halogens is 1. The first kappa shape index (κ1) is 11.9. The molecule has 1 heterocycles. The normalized spacial score (nSPS) is 23.8. The molecule has 0 aromatic carbocycles. The van der Waals surface area contributed by atoms with Crippen LogP contribution < -0.4 is 5.32 Å². The van der Waals surface area contributed by atoms with Gasteiger partial charge in [0.05, 0.1) is 16.4 Å². The highest BCUT2D eigenvalue weighted by molar-refractivity contribution is 6.31. The van der Waals surface area contributed by atoms with Crippen molar-refractivity contribution in [1.82, 2.24) is 15.1 Å². The van der Waals surface area contributed by atoms with E-state index in [1.165, 1.54) is 6.42 Å². The van der Waals surface area contributed by atoms with Gasteiger partial charge in [-0.3, -0.25) is 4.68 Å². The molecular formula is C12H20ClN3. The van der Waals surface area contributed by atoms with E-state index in [0.29, 0.717) is 0 Å². The molecule has 90 valence electrons. The molecule has 2 unspecified atom stereocenters. The fourth-order valence-electron chi connectivity index (χ4n) is 2.10. The number of hydrogen-bond acceptors (Lipinski definition) is 2. The third-order valence-corrected chi connectivity index (χ3v) is 3.92. The molecule has 2 rings (SSSR count). The molecule has 16 heavy (non-hydrogen) atoms. The Balaban J connectivity index is 1.92. The fraction of sp³-hybridized carbons (Fsp3) is 0.750. The van der Waals surface area contributed by atoms with Crippen LogP contribution in [0.1, 0.15) is 31.7 Å². The van der Waals surface area contributed by atoms with Crippen LogP contribution in [0.4, 0.5) is 0 Å². The summed E-state index contributed by atoms with van der Waals surface area (Å²) in [6, 6.07) is 0. The number of rotatable bonds is 5. The highest BCUT2D eigenvalue weighted by atomic mass is 35.5. The van der Waals surface area contributed by atoms with E-state index in [2.05, 4.69) is 24.3 Å². The molecule has 1 saturated carbocycles. The van der Waals surface area contributed by atoms with Crippen molar-refractivity contribution in [2.75, 3.05) is 6.54 Å². The molecule has 1 aromatic rings. The lowest BCUT2D eigenvalue weighted by atomic mass is 10.3. The molecule has 1 aromatic heterocycles. The zero-order valence-electron chi connectivity index (χ0n) is 10.3. The van der Waals surface area contributed by atoms with Crippen molar-refractivity contribution < 1.29 is 0 Å². The van der Waals surface area contributed by atoms with Gasteiger partial charge >= 0.3 is 0 Å². The van der Waals surface area contributed by atoms with Crippen molar-refractivity contribution in [2.24, 2.45) is 11.8 Å². The molecule has 2 atom stereocenters. The molecule has 0 amide bonds. The van der Waals surface area contributed by atoms with Gasteiger partial charge in [-0.2, -0.15) is 5.10 Å². The monoisotopic (exact) mass is 241 g/mol. The molecule has 1 aliphatic carbocycles. The van der Waals surface area contributed by atoms with Crippen LogP contribution in [0.5, 0.6) is 0 Å². The van der Waals surface area contributed by atoms with Crippen molar-refractivity contribution in [2.45, 2.75) is 40.3 Å². The number of nitrogens with zero attached hydrogens (tertiary/aromatic N) is 2. The van der Waals surface area contributed by atoms with Crippen molar-refractivity contribution >= 4 is 11.6 Å². The summed E-state index contributed by atoms with van der Waals surface area (Å²) < 4.78 is 1.99. The van der Waals surface area contributed by atoms with Crippen LogP contribution in [0.2, 0.25) is 5.02 Å². The minimum absolute atomic E-state index is 0.818. The number of aromatic nitrogens is 2. The first-order valence-electron chi connectivity index (χ1n) is 6.06. The molecule has 1 N–H and O–H groups in total. The summed E-state index contributed by atoms with van der Waals surface area (Å²) in [6.07, 6.45) is 1.37. The van der Waals surface area contributed by atoms with E-state index >= 15 is 0 Å². The second-order valence-corrected chi connectivity index (χ2v) is 5.14. The molecule has 0 aliphatic heterocycles. The van der Waals surface area contributed by atoms with Gasteiger partial charge in [0.1, 0.15) is 0 Å². The van der Waals surface area contributed by atoms with E-state index in [9.17, 15) is 0 Å². The van der Waals surface area contributed by atoms with Crippen molar-refractivity contribution in [3.63, 3.8) is 0 Å². The summed E-state index contributed by atoms with van der Waals surface area (Å²) in [5.41, 5.74) is 2.05. The van der Waals surface area contributed by atoms with Gasteiger partial charge in [0, 0.05) is 13.1 Å². The third-order valence-electron chi connectivity index (χ3n) is 3.43. The summed E-state index contributed by atoms with van der Waals surface area (Å²) in [5, 5.41) is 8.70. The minimum atomic E-state index is 0.818. The predicted octanol–water partition coefficient (Wildman–Crippen LogP) is 2.61. The zero-order valence-corrected chi connectivity index (χ0v) is 11.0. The van der Waals surface area contributed by atoms with Gasteiger partial charge in [-0.05, 0) is 38.6 Å². The molecule has 1 fully saturated rings. The van der Waals surface area contributed by atoms with Gasteiger partial charge in [-0.15, -0.1) is 0 Å². The van der Waals surface area contributed by atoms with E-state index in [0.717, 1.165) is 47.9 Å². The van der Waals surface area contributed by atoms with Gasteiger partial charge in [0.25, 0.3) is 0 Å². The Morgan fingerprint density at radius 3 is 2.81 bits per heavy atom. The summed E-state index contributed by atoms with van der Waals surface area (Å²) in [5.74, 6) is 1.78. The third kappa shape index (κ3) is 2.41. The van der Waals surface area contributed by atoms with E-state index in [4.69, 9.17) is 11.6 Å². The second kappa shape index (κ2) is 4.76. The van der Waals surface area contributed by atoms with Crippen molar-refractivity contribution in [1.29, 1.82) is 0 Å². The van der Waals surface area contributed by atoms with Crippen LogP contribution in [0.3, 0.4) is 0 Å². The maximum absolute atomic E-state index is 6.23. The number of nitrogens with one attached hydrogen (secondary N) is 1. The number of hydrogen-bond donors (Lipinski definition) is 1. The lowest BCUT2D eigenvalue weighted by Gasteiger charge is -2.06. The maximum atomic E-state index is 6.23. The summed E-state index contributed by atoms with van der Waals surface area (Å²) in [4.78, 5) is 0. The van der Waals surface area contributed by atoms with Crippen molar-refractivity contribution in [3.8, 4) is 0 Å². The molecule has 1 aliphatic rings. The Hall–Kier alpha value is -0.540. The Labute approximate surface area is 102 Å². The summed E-state index contributed by atoms with van der Waals surface area (Å²) in [7, 11) is 0. The molecule has 0 saturated heterocycles. The summed E-state index contributed by atoms with van der Waals surface area (Å²) in [6.45, 7) is 9.17. The Kier molecular flexibility index (Phi) is 3.55. The average molecular weight is 242 g/mol. The van der Waals surface area contributed by atoms with Gasteiger partial charge in [-0.1, -0.05) is 18.5 Å². The van der Waals surface area contributed by atoms with Crippen LogP contribution in [0, 0.1) is 18.8 Å². The van der Waals surface area contributed by atoms with Crippen LogP contribution in [-0.2, 0) is 13.1 Å². The average Bonchev–Trinajstić information content (AvgIpc) is 2.89. The van der Waals surface area contributed by atoms with E-state index in [-0.39, 0.29) is 0 Å². The van der Waals surface area contributed by atoms with Gasteiger partial charge in [0.15, 0.2) is 0 Å². The van der Waals surface area contributed by atoms with Gasteiger partial charge < -0.3 is 5.32 Å². The van der Waals surface area contributed by atoms with Crippen LogP contribution in [0.25, 0.3) is 0 Å². The van der Waals surface area contributed by atoms with Gasteiger partial charge in [0.2, 0.25) is 0 Å². The molecule has 4 heteroatoms. The fourth-order valence-corrected chi connectivity index (χ4v) is 2.30. The standard InChI is InChI=1S/C12H20ClN3/c1-4-16-11(12(13)9(3)15-16)7-14-6-10-5-8(10)2/h8,10,14H,4-7H2,1-3H3. The Morgan fingerprint density at radius 1 is 1.56 bits per heavy atom. The van der Waals surface area contributed by atoms with E-state index < -0.39 is 0 Å². The number of aryl methyl sites for hydroxylation is 2. The first-order chi connectivity index (χ1) is 7.63. The lowest BCUT2D eigenvalue weighted by molar-refractivity contribution is 0.557. The van der Waals surface area contributed by atoms with E-state index in [1.54, 1.807) is 0 Å². The molecule has 0 spiro atoms. The Bertz CT molecular complexity index is 373. The largest absolute Gasteiger partial charge is 0.311 e. The topological polar surface area (TPSA) is 29.9 Å². The smallest absolute Gasteiger partial charge is 0.0860 e. The van der Waals surface area contributed by atoms with Gasteiger partial charge in [-0.25, -0.2) is 0 Å². The van der Waals surface area contributed by atoms with Crippen molar-refractivity contribution in [3.05, 3.63) is 16.4 Å². The SMILES string of the molecule is CCn1nc(C)c(Cl)c1CNCC1CC1C. The molecule has 0 radical (unpaired) electrons. The highest BCUT2D eigenvalue weighted by Gasteiger charge is 2.31. The summed E-state index contributed by atoms with van der Waals surface area (Å²) >= 11 is 6.23. The van der Waals surface area contributed by atoms with Crippen LogP contribution >= 0.6 is 11.6 Å². The molecular weight excluding hydrogens is 222 g/mol. The van der Waals surface area contributed by atoms with Crippen LogP contribution in [0.15, 0.2) is 0 Å². The zero-order chi connectivity index (χ0) is 11.7. The predicted molar refractivity (Wildman–Crippen MR) is 66.6 cm³/mol. The van der Waals surface area contributed by atoms with Crippen LogP contribution in [-0.4, -0.2) is 16.3 Å².